The number of hydrogen-bond donors (Lipinski definition) is 1. The summed E-state index contributed by atoms with van der Waals surface area (Å²) in [6.07, 6.45) is 1.75. The minimum atomic E-state index is -0.912. The SMILES string of the molecule is COc1ccc(CN(Cc2ccc(OC)cc2)c2cc(Nc3ccc(F)nc3F)cc3c2ncn3C)cc1. The van der Waals surface area contributed by atoms with Crippen molar-refractivity contribution in [2.45, 2.75) is 13.1 Å². The molecular formula is C29H27F2N5O2. The maximum absolute atomic E-state index is 14.4. The van der Waals surface area contributed by atoms with Crippen molar-refractivity contribution in [3.63, 3.8) is 0 Å². The number of aryl methyl sites for hydroxylation is 1. The third kappa shape index (κ3) is 5.36. The topological polar surface area (TPSA) is 64.4 Å². The van der Waals surface area contributed by atoms with E-state index >= 15 is 0 Å². The Kier molecular flexibility index (Phi) is 7.08. The Hall–Kier alpha value is -4.66. The number of ether oxygens (including phenoxy) is 2. The van der Waals surface area contributed by atoms with E-state index in [1.807, 2.05) is 72.3 Å². The molecule has 2 aromatic heterocycles. The van der Waals surface area contributed by atoms with Crippen LogP contribution in [-0.2, 0) is 20.1 Å². The highest BCUT2D eigenvalue weighted by molar-refractivity contribution is 5.93. The number of hydrogen-bond acceptors (Lipinski definition) is 6. The summed E-state index contributed by atoms with van der Waals surface area (Å²) >= 11 is 0. The average molecular weight is 516 g/mol. The molecule has 0 spiro atoms. The maximum Gasteiger partial charge on any atom is 0.239 e. The van der Waals surface area contributed by atoms with E-state index in [-0.39, 0.29) is 5.69 Å². The molecule has 2 heterocycles. The predicted octanol–water partition coefficient (Wildman–Crippen LogP) is 6.21. The quantitative estimate of drug-likeness (QED) is 0.235. The van der Waals surface area contributed by atoms with E-state index in [1.54, 1.807) is 20.5 Å². The van der Waals surface area contributed by atoms with Crippen LogP contribution in [0.3, 0.4) is 0 Å². The second kappa shape index (κ2) is 10.8. The molecule has 3 aromatic carbocycles. The van der Waals surface area contributed by atoms with Crippen LogP contribution in [0.1, 0.15) is 11.1 Å². The summed E-state index contributed by atoms with van der Waals surface area (Å²) in [6.45, 7) is 1.16. The number of pyridine rings is 1. The van der Waals surface area contributed by atoms with Gasteiger partial charge in [0.2, 0.25) is 11.9 Å². The van der Waals surface area contributed by atoms with E-state index in [1.165, 1.54) is 6.07 Å². The molecule has 194 valence electrons. The highest BCUT2D eigenvalue weighted by atomic mass is 19.1. The predicted molar refractivity (Wildman–Crippen MR) is 144 cm³/mol. The molecule has 9 heteroatoms. The fourth-order valence-corrected chi connectivity index (χ4v) is 4.31. The average Bonchev–Trinajstić information content (AvgIpc) is 3.30. The number of rotatable bonds is 9. The van der Waals surface area contributed by atoms with Crippen molar-refractivity contribution < 1.29 is 18.3 Å². The molecule has 5 rings (SSSR count). The third-order valence-electron chi connectivity index (χ3n) is 6.31. The first kappa shape index (κ1) is 25.0. The lowest BCUT2D eigenvalue weighted by Gasteiger charge is -2.27. The van der Waals surface area contributed by atoms with E-state index in [9.17, 15) is 8.78 Å². The first-order chi connectivity index (χ1) is 18.4. The van der Waals surface area contributed by atoms with Crippen LogP contribution >= 0.6 is 0 Å². The zero-order valence-corrected chi connectivity index (χ0v) is 21.3. The number of benzene rings is 3. The molecule has 38 heavy (non-hydrogen) atoms. The Balaban J connectivity index is 1.58. The third-order valence-corrected chi connectivity index (χ3v) is 6.31. The molecule has 0 aliphatic carbocycles. The second-order valence-corrected chi connectivity index (χ2v) is 8.87. The highest BCUT2D eigenvalue weighted by Crippen LogP contribution is 2.34. The Morgan fingerprint density at radius 1 is 0.842 bits per heavy atom. The van der Waals surface area contributed by atoms with E-state index in [2.05, 4.69) is 20.2 Å². The van der Waals surface area contributed by atoms with Gasteiger partial charge in [-0.05, 0) is 59.7 Å². The van der Waals surface area contributed by atoms with E-state index in [0.717, 1.165) is 45.4 Å². The summed E-state index contributed by atoms with van der Waals surface area (Å²) in [5, 5.41) is 3.06. The number of nitrogens with one attached hydrogen (secondary N) is 1. The van der Waals surface area contributed by atoms with Gasteiger partial charge in [0, 0.05) is 25.8 Å². The largest absolute Gasteiger partial charge is 0.497 e. The van der Waals surface area contributed by atoms with Gasteiger partial charge in [0.25, 0.3) is 0 Å². The molecule has 0 fully saturated rings. The summed E-state index contributed by atoms with van der Waals surface area (Å²) in [6, 6.07) is 22.1. The zero-order chi connectivity index (χ0) is 26.6. The lowest BCUT2D eigenvalue weighted by molar-refractivity contribution is 0.414. The van der Waals surface area contributed by atoms with Crippen LogP contribution in [0, 0.1) is 11.9 Å². The van der Waals surface area contributed by atoms with E-state index in [4.69, 9.17) is 9.47 Å². The second-order valence-electron chi connectivity index (χ2n) is 8.87. The fraction of sp³-hybridized carbons (Fsp3) is 0.172. The molecule has 0 bridgehead atoms. The molecule has 0 radical (unpaired) electrons. The Morgan fingerprint density at radius 2 is 1.45 bits per heavy atom. The molecule has 0 aliphatic heterocycles. The number of aromatic nitrogens is 3. The summed E-state index contributed by atoms with van der Waals surface area (Å²) < 4.78 is 40.3. The molecule has 0 unspecified atom stereocenters. The molecule has 0 aliphatic rings. The molecule has 0 saturated heterocycles. The van der Waals surface area contributed by atoms with Gasteiger partial charge in [0.05, 0.1) is 37.4 Å². The van der Waals surface area contributed by atoms with Gasteiger partial charge in [-0.3, -0.25) is 0 Å². The summed E-state index contributed by atoms with van der Waals surface area (Å²) in [5.41, 5.74) is 5.38. The monoisotopic (exact) mass is 515 g/mol. The van der Waals surface area contributed by atoms with Crippen molar-refractivity contribution in [3.8, 4) is 11.5 Å². The van der Waals surface area contributed by atoms with Gasteiger partial charge in [-0.2, -0.15) is 13.8 Å². The number of halogens is 2. The van der Waals surface area contributed by atoms with Crippen LogP contribution in [0.15, 0.2) is 79.1 Å². The van der Waals surface area contributed by atoms with Crippen LogP contribution in [0.5, 0.6) is 11.5 Å². The Labute approximate surface area is 219 Å². The van der Waals surface area contributed by atoms with Gasteiger partial charge >= 0.3 is 0 Å². The van der Waals surface area contributed by atoms with Gasteiger partial charge in [0.1, 0.15) is 17.0 Å². The Bertz CT molecular complexity index is 1500. The maximum atomic E-state index is 14.4. The first-order valence-electron chi connectivity index (χ1n) is 12.0. The smallest absolute Gasteiger partial charge is 0.239 e. The molecular weight excluding hydrogens is 488 g/mol. The van der Waals surface area contributed by atoms with Gasteiger partial charge in [0.15, 0.2) is 0 Å². The van der Waals surface area contributed by atoms with Crippen LogP contribution < -0.4 is 19.7 Å². The summed E-state index contributed by atoms with van der Waals surface area (Å²) in [4.78, 5) is 10.2. The fourth-order valence-electron chi connectivity index (χ4n) is 4.31. The van der Waals surface area contributed by atoms with Crippen LogP contribution in [0.4, 0.5) is 25.8 Å². The van der Waals surface area contributed by atoms with Crippen LogP contribution in [0.2, 0.25) is 0 Å². The number of methoxy groups -OCH3 is 2. The van der Waals surface area contributed by atoms with Crippen molar-refractivity contribution in [2.24, 2.45) is 7.05 Å². The van der Waals surface area contributed by atoms with Crippen molar-refractivity contribution in [3.05, 3.63) is 102 Å². The molecule has 0 amide bonds. The van der Waals surface area contributed by atoms with Gasteiger partial charge in [-0.1, -0.05) is 24.3 Å². The van der Waals surface area contributed by atoms with Crippen LogP contribution in [-0.4, -0.2) is 28.8 Å². The number of fused-ring (bicyclic) bond motifs is 1. The van der Waals surface area contributed by atoms with Gasteiger partial charge < -0.3 is 24.3 Å². The van der Waals surface area contributed by atoms with E-state index < -0.39 is 11.9 Å². The molecule has 1 N–H and O–H groups in total. The van der Waals surface area contributed by atoms with Gasteiger partial charge in [-0.15, -0.1) is 0 Å². The first-order valence-corrected chi connectivity index (χ1v) is 12.0. The number of nitrogens with zero attached hydrogens (tertiary/aromatic N) is 4. The standard InChI is InChI=1S/C29H27F2N5O2/c1-35-18-32-28-25(35)14-21(33-24-12-13-27(30)34-29(24)31)15-26(28)36(16-19-4-8-22(37-2)9-5-19)17-20-6-10-23(38-3)11-7-20/h4-15,18,33H,16-17H2,1-3H3. The van der Waals surface area contributed by atoms with Crippen LogP contribution in [0.25, 0.3) is 11.0 Å². The lowest BCUT2D eigenvalue weighted by Crippen LogP contribution is -2.22. The highest BCUT2D eigenvalue weighted by Gasteiger charge is 2.18. The van der Waals surface area contributed by atoms with Gasteiger partial charge in [-0.25, -0.2) is 4.98 Å². The van der Waals surface area contributed by atoms with Crippen molar-refractivity contribution >= 4 is 28.1 Å². The lowest BCUT2D eigenvalue weighted by atomic mass is 10.1. The molecule has 0 atom stereocenters. The number of imidazole rings is 1. The molecule has 5 aromatic rings. The Morgan fingerprint density at radius 3 is 2.00 bits per heavy atom. The van der Waals surface area contributed by atoms with E-state index in [0.29, 0.717) is 18.8 Å². The summed E-state index contributed by atoms with van der Waals surface area (Å²) in [7, 11) is 5.18. The summed E-state index contributed by atoms with van der Waals surface area (Å²) in [5.74, 6) is -0.224. The minimum Gasteiger partial charge on any atom is -0.497 e. The minimum absolute atomic E-state index is 0.0794. The zero-order valence-electron chi connectivity index (χ0n) is 21.3. The molecule has 7 nitrogen and oxygen atoms in total. The molecule has 0 saturated carbocycles. The number of anilines is 3. The normalized spacial score (nSPS) is 11.0. The van der Waals surface area contributed by atoms with Crippen molar-refractivity contribution in [2.75, 3.05) is 24.4 Å². The van der Waals surface area contributed by atoms with Crippen molar-refractivity contribution in [1.29, 1.82) is 0 Å². The van der Waals surface area contributed by atoms with Crippen molar-refractivity contribution in [1.82, 2.24) is 14.5 Å².